The number of nitrogen functional groups attached to an aromatic ring is 1. The van der Waals surface area contributed by atoms with Crippen LogP contribution in [0.4, 0.5) is 5.69 Å². The maximum absolute atomic E-state index is 12.0. The number of aromatic carboxylic acids is 1. The molecule has 0 bridgehead atoms. The lowest BCUT2D eigenvalue weighted by Gasteiger charge is -2.16. The van der Waals surface area contributed by atoms with Crippen molar-refractivity contribution >= 4 is 28.6 Å². The smallest absolute Gasteiger partial charge is 0.341 e. The van der Waals surface area contributed by atoms with Crippen LogP contribution in [0.15, 0.2) is 36.1 Å². The summed E-state index contributed by atoms with van der Waals surface area (Å²) in [5.74, 6) is -1.00. The first-order chi connectivity index (χ1) is 13.9. The topological polar surface area (TPSA) is 114 Å². The molecule has 0 aliphatic heterocycles. The summed E-state index contributed by atoms with van der Waals surface area (Å²) in [4.78, 5) is 20.8. The van der Waals surface area contributed by atoms with E-state index in [1.807, 2.05) is 18.5 Å². The van der Waals surface area contributed by atoms with Gasteiger partial charge in [0.15, 0.2) is 5.65 Å². The molecule has 0 spiro atoms. The quantitative estimate of drug-likeness (QED) is 0.462. The summed E-state index contributed by atoms with van der Waals surface area (Å²) in [5, 5.41) is 22.9. The van der Waals surface area contributed by atoms with E-state index >= 15 is 0 Å². The summed E-state index contributed by atoms with van der Waals surface area (Å²) in [6.07, 6.45) is 6.75. The van der Waals surface area contributed by atoms with Gasteiger partial charge in [0.25, 0.3) is 0 Å². The Hall–Kier alpha value is -3.39. The van der Waals surface area contributed by atoms with Crippen LogP contribution in [0, 0.1) is 13.8 Å². The van der Waals surface area contributed by atoms with Gasteiger partial charge in [0.2, 0.25) is 0 Å². The summed E-state index contributed by atoms with van der Waals surface area (Å²) >= 11 is 1.58. The number of phenols is 1. The van der Waals surface area contributed by atoms with E-state index in [2.05, 4.69) is 9.97 Å². The molecule has 0 amide bonds. The molecule has 0 aliphatic rings. The number of nitrogens with zero attached hydrogens (tertiary/aromatic N) is 3. The number of pyridine rings is 1. The molecule has 0 fully saturated rings. The standard InChI is InChI=1S/C21H20N4O3S/c1-11-3-5-15(26)12(2)17(11)14-10-25-9-13(4-6-16-23-7-8-29-16)24-20(25)18(19(14)22)21(27)28/h3,5,7-10,26H,4,6,22H2,1-2H3,(H,27,28). The number of hydrogen-bond acceptors (Lipinski definition) is 6. The Balaban J connectivity index is 1.88. The number of carboxylic acids is 1. The van der Waals surface area contributed by atoms with Gasteiger partial charge in [-0.05, 0) is 43.0 Å². The first kappa shape index (κ1) is 18.9. The molecule has 8 heteroatoms. The monoisotopic (exact) mass is 408 g/mol. The third-order valence-electron chi connectivity index (χ3n) is 5.04. The number of benzene rings is 1. The lowest BCUT2D eigenvalue weighted by atomic mass is 9.94. The van der Waals surface area contributed by atoms with Crippen molar-refractivity contribution in [2.24, 2.45) is 0 Å². The van der Waals surface area contributed by atoms with Gasteiger partial charge < -0.3 is 20.3 Å². The summed E-state index contributed by atoms with van der Waals surface area (Å²) in [6, 6.07) is 3.41. The van der Waals surface area contributed by atoms with Crippen molar-refractivity contribution in [1.82, 2.24) is 14.4 Å². The molecule has 0 radical (unpaired) electrons. The Morgan fingerprint density at radius 2 is 2.03 bits per heavy atom. The van der Waals surface area contributed by atoms with Gasteiger partial charge in [-0.15, -0.1) is 11.3 Å². The number of aromatic hydroxyl groups is 1. The van der Waals surface area contributed by atoms with Gasteiger partial charge in [0, 0.05) is 36.0 Å². The van der Waals surface area contributed by atoms with Crippen molar-refractivity contribution in [3.8, 4) is 16.9 Å². The molecule has 1 aromatic carbocycles. The van der Waals surface area contributed by atoms with Crippen LogP contribution in [0.3, 0.4) is 0 Å². The van der Waals surface area contributed by atoms with E-state index in [9.17, 15) is 15.0 Å². The van der Waals surface area contributed by atoms with E-state index < -0.39 is 5.97 Å². The molecule has 0 saturated heterocycles. The Bertz CT molecular complexity index is 1230. The number of aromatic nitrogens is 3. The van der Waals surface area contributed by atoms with Crippen LogP contribution in [-0.2, 0) is 12.8 Å². The van der Waals surface area contributed by atoms with Gasteiger partial charge in [0.1, 0.15) is 11.3 Å². The van der Waals surface area contributed by atoms with Crippen molar-refractivity contribution in [3.63, 3.8) is 0 Å². The number of rotatable bonds is 5. The SMILES string of the molecule is Cc1ccc(O)c(C)c1-c1cn2cc(CCc3nccs3)nc2c(C(=O)O)c1N. The predicted octanol–water partition coefficient (Wildman–Crippen LogP) is 3.85. The Labute approximate surface area is 171 Å². The van der Waals surface area contributed by atoms with Crippen molar-refractivity contribution in [2.75, 3.05) is 5.73 Å². The molecule has 148 valence electrons. The molecule has 4 aromatic rings. The number of carbonyl (C=O) groups is 1. The normalized spacial score (nSPS) is 11.2. The fraction of sp³-hybridized carbons (Fsp3) is 0.190. The molecule has 4 rings (SSSR count). The highest BCUT2D eigenvalue weighted by molar-refractivity contribution is 7.09. The Kier molecular flexibility index (Phi) is 4.71. The number of imidazole rings is 1. The van der Waals surface area contributed by atoms with E-state index in [4.69, 9.17) is 5.73 Å². The van der Waals surface area contributed by atoms with Crippen LogP contribution < -0.4 is 5.73 Å². The van der Waals surface area contributed by atoms with Crippen LogP contribution in [0.2, 0.25) is 0 Å². The second-order valence-electron chi connectivity index (χ2n) is 6.93. The third kappa shape index (κ3) is 3.31. The molecule has 7 nitrogen and oxygen atoms in total. The minimum atomic E-state index is -1.14. The van der Waals surface area contributed by atoms with Crippen LogP contribution in [0.1, 0.15) is 32.2 Å². The van der Waals surface area contributed by atoms with Gasteiger partial charge >= 0.3 is 5.97 Å². The predicted molar refractivity (Wildman–Crippen MR) is 113 cm³/mol. The van der Waals surface area contributed by atoms with Gasteiger partial charge in [-0.2, -0.15) is 0 Å². The fourth-order valence-electron chi connectivity index (χ4n) is 3.58. The first-order valence-corrected chi connectivity index (χ1v) is 9.96. The minimum Gasteiger partial charge on any atom is -0.508 e. The average molecular weight is 408 g/mol. The summed E-state index contributed by atoms with van der Waals surface area (Å²) in [5.41, 5.74) is 10.3. The van der Waals surface area contributed by atoms with Crippen molar-refractivity contribution < 1.29 is 15.0 Å². The summed E-state index contributed by atoms with van der Waals surface area (Å²) in [7, 11) is 0. The van der Waals surface area contributed by atoms with E-state index in [-0.39, 0.29) is 17.0 Å². The molecular formula is C21H20N4O3S. The molecule has 3 aromatic heterocycles. The highest BCUT2D eigenvalue weighted by Gasteiger charge is 2.22. The maximum atomic E-state index is 12.0. The summed E-state index contributed by atoms with van der Waals surface area (Å²) < 4.78 is 1.70. The second-order valence-corrected chi connectivity index (χ2v) is 7.91. The van der Waals surface area contributed by atoms with Gasteiger partial charge in [-0.25, -0.2) is 14.8 Å². The number of hydrogen-bond donors (Lipinski definition) is 3. The maximum Gasteiger partial charge on any atom is 0.341 e. The van der Waals surface area contributed by atoms with Crippen molar-refractivity contribution in [2.45, 2.75) is 26.7 Å². The van der Waals surface area contributed by atoms with Crippen molar-refractivity contribution in [1.29, 1.82) is 0 Å². The van der Waals surface area contributed by atoms with Gasteiger partial charge in [-0.3, -0.25) is 0 Å². The Morgan fingerprint density at radius 3 is 2.72 bits per heavy atom. The Morgan fingerprint density at radius 1 is 1.24 bits per heavy atom. The lowest BCUT2D eigenvalue weighted by molar-refractivity contribution is 0.0699. The number of carboxylic acid groups (broad SMARTS) is 1. The number of phenolic OH excluding ortho intramolecular Hbond substituents is 1. The van der Waals surface area contributed by atoms with E-state index in [1.165, 1.54) is 0 Å². The van der Waals surface area contributed by atoms with E-state index in [1.54, 1.807) is 47.2 Å². The molecule has 0 atom stereocenters. The molecule has 4 N–H and O–H groups in total. The number of nitrogens with two attached hydrogens (primary N) is 1. The number of anilines is 1. The molecular weight excluding hydrogens is 388 g/mol. The second kappa shape index (κ2) is 7.21. The van der Waals surface area contributed by atoms with Crippen LogP contribution in [-0.4, -0.2) is 30.6 Å². The highest BCUT2D eigenvalue weighted by atomic mass is 32.1. The highest BCUT2D eigenvalue weighted by Crippen LogP contribution is 2.38. The number of fused-ring (bicyclic) bond motifs is 1. The number of aryl methyl sites for hydroxylation is 3. The lowest BCUT2D eigenvalue weighted by Crippen LogP contribution is -2.08. The van der Waals surface area contributed by atoms with E-state index in [0.717, 1.165) is 28.2 Å². The van der Waals surface area contributed by atoms with Crippen LogP contribution in [0.5, 0.6) is 5.75 Å². The summed E-state index contributed by atoms with van der Waals surface area (Å²) in [6.45, 7) is 3.69. The zero-order valence-corrected chi connectivity index (χ0v) is 16.8. The molecule has 3 heterocycles. The molecule has 0 aliphatic carbocycles. The first-order valence-electron chi connectivity index (χ1n) is 9.08. The largest absolute Gasteiger partial charge is 0.508 e. The minimum absolute atomic E-state index is 0.0369. The number of thiazole rings is 1. The zero-order chi connectivity index (χ0) is 20.7. The van der Waals surface area contributed by atoms with Crippen molar-refractivity contribution in [3.05, 3.63) is 63.5 Å². The molecule has 29 heavy (non-hydrogen) atoms. The van der Waals surface area contributed by atoms with Gasteiger partial charge in [-0.1, -0.05) is 6.07 Å². The third-order valence-corrected chi connectivity index (χ3v) is 5.88. The van der Waals surface area contributed by atoms with Crippen LogP contribution >= 0.6 is 11.3 Å². The fourth-order valence-corrected chi connectivity index (χ4v) is 4.20. The van der Waals surface area contributed by atoms with Crippen LogP contribution in [0.25, 0.3) is 16.8 Å². The van der Waals surface area contributed by atoms with Gasteiger partial charge in [0.05, 0.1) is 16.4 Å². The van der Waals surface area contributed by atoms with E-state index in [0.29, 0.717) is 23.2 Å². The zero-order valence-electron chi connectivity index (χ0n) is 16.0. The molecule has 0 unspecified atom stereocenters. The average Bonchev–Trinajstić information content (AvgIpc) is 3.32. The molecule has 0 saturated carbocycles.